The number of hydrogen-bond acceptors (Lipinski definition) is 15. The van der Waals surface area contributed by atoms with Gasteiger partial charge in [0, 0.05) is 38.1 Å². The van der Waals surface area contributed by atoms with Crippen molar-refractivity contribution in [3.8, 4) is 0 Å². The molecule has 1 aromatic heterocycles. The Morgan fingerprint density at radius 1 is 0.864 bits per heavy atom. The summed E-state index contributed by atoms with van der Waals surface area (Å²) in [4.78, 5) is 74.7. The number of rotatable bonds is 14. The Hall–Kier alpha value is -5.26. The summed E-state index contributed by atoms with van der Waals surface area (Å²) in [6.07, 6.45) is -14.5. The number of amides is 2. The van der Waals surface area contributed by atoms with Crippen molar-refractivity contribution in [3.63, 3.8) is 0 Å². The normalized spacial score (nSPS) is 26.3. The number of alkyl halides is 6. The van der Waals surface area contributed by atoms with Crippen LogP contribution in [0, 0.1) is 0 Å². The predicted molar refractivity (Wildman–Crippen MR) is 214 cm³/mol. The van der Waals surface area contributed by atoms with Gasteiger partial charge in [-0.15, -0.1) is 0 Å². The highest BCUT2D eigenvalue weighted by Crippen LogP contribution is 2.36. The molecule has 0 aliphatic carbocycles. The molecule has 2 aromatic rings. The lowest BCUT2D eigenvalue weighted by atomic mass is 9.97. The van der Waals surface area contributed by atoms with Crippen molar-refractivity contribution in [1.82, 2.24) is 19.4 Å². The summed E-state index contributed by atoms with van der Waals surface area (Å²) in [5, 5.41) is 60.7. The molecule has 0 radical (unpaired) electrons. The number of nitrogens with zero attached hydrogens (tertiary/aromatic N) is 3. The molecule has 370 valence electrons. The van der Waals surface area contributed by atoms with Crippen molar-refractivity contribution in [3.05, 3.63) is 74.7 Å². The summed E-state index contributed by atoms with van der Waals surface area (Å²) in [7, 11) is 2.97. The zero-order valence-electron chi connectivity index (χ0n) is 35.5. The van der Waals surface area contributed by atoms with Crippen LogP contribution in [0.15, 0.2) is 57.9 Å². The lowest BCUT2D eigenvalue weighted by Crippen LogP contribution is -2.59. The quantitative estimate of drug-likeness (QED) is 0.0891. The monoisotopic (exact) mass is 958 g/mol. The number of carboxylic acid groups (broad SMARTS) is 2. The van der Waals surface area contributed by atoms with Crippen LogP contribution in [0.3, 0.4) is 0 Å². The topological polar surface area (TPSA) is 317 Å². The number of nitrogens with one attached hydrogen (secondary N) is 2. The van der Waals surface area contributed by atoms with E-state index in [0.717, 1.165) is 46.6 Å². The van der Waals surface area contributed by atoms with E-state index in [0.29, 0.717) is 5.69 Å². The molecule has 4 heterocycles. The Morgan fingerprint density at radius 3 is 1.95 bits per heavy atom. The second kappa shape index (κ2) is 24.0. The number of ether oxygens (including phenoxy) is 3. The van der Waals surface area contributed by atoms with Crippen molar-refractivity contribution in [2.24, 2.45) is 5.73 Å². The van der Waals surface area contributed by atoms with Crippen molar-refractivity contribution >= 4 is 29.4 Å². The summed E-state index contributed by atoms with van der Waals surface area (Å²) in [6.45, 7) is 2.03. The average Bonchev–Trinajstić information content (AvgIpc) is 3.64. The van der Waals surface area contributed by atoms with E-state index in [1.165, 1.54) is 31.2 Å². The second-order valence-corrected chi connectivity index (χ2v) is 15.1. The molecule has 66 heavy (non-hydrogen) atoms. The largest absolute Gasteiger partial charge is 0.490 e. The van der Waals surface area contributed by atoms with Gasteiger partial charge in [-0.05, 0) is 43.7 Å². The Bertz CT molecular complexity index is 2080. The minimum Gasteiger partial charge on any atom is -0.475 e. The minimum absolute atomic E-state index is 0.0244. The molecule has 10 atom stereocenters. The number of unbranched alkanes of at least 4 members (excludes halogenated alkanes) is 4. The van der Waals surface area contributed by atoms with Gasteiger partial charge in [0.2, 0.25) is 5.91 Å². The lowest BCUT2D eigenvalue weighted by molar-refractivity contribution is -0.232. The van der Waals surface area contributed by atoms with Gasteiger partial charge in [0.1, 0.15) is 54.5 Å². The van der Waals surface area contributed by atoms with E-state index in [1.807, 2.05) is 12.1 Å². The molecule has 0 saturated carbocycles. The number of aliphatic carboxylic acids is 2. The number of aliphatic hydroxyl groups excluding tert-OH is 4. The number of aryl methyl sites for hydroxylation is 1. The third-order valence-corrected chi connectivity index (χ3v) is 10.4. The van der Waals surface area contributed by atoms with Gasteiger partial charge in [-0.2, -0.15) is 26.3 Å². The number of carboxylic acids is 2. The molecule has 5 rings (SSSR count). The molecule has 10 N–H and O–H groups in total. The van der Waals surface area contributed by atoms with Crippen molar-refractivity contribution in [2.75, 3.05) is 32.5 Å². The van der Waals surface area contributed by atoms with E-state index in [4.69, 9.17) is 39.7 Å². The van der Waals surface area contributed by atoms with E-state index in [1.54, 1.807) is 25.3 Å². The van der Waals surface area contributed by atoms with Crippen LogP contribution in [-0.4, -0.2) is 168 Å². The molecule has 2 amide bonds. The Balaban J connectivity index is 0.000000715. The first kappa shape index (κ1) is 55.1. The summed E-state index contributed by atoms with van der Waals surface area (Å²) in [6, 6.07) is 7.22. The molecule has 27 heteroatoms. The molecule has 2 saturated heterocycles. The van der Waals surface area contributed by atoms with Gasteiger partial charge in [0.05, 0.1) is 0 Å². The zero-order valence-corrected chi connectivity index (χ0v) is 35.5. The van der Waals surface area contributed by atoms with E-state index in [9.17, 15) is 65.9 Å². The van der Waals surface area contributed by atoms with Crippen LogP contribution in [0.5, 0.6) is 0 Å². The SMILES string of the molecule is CCCCCCCc1ccc(NC(=O)C2=CCN(C)[C@@H]([C@H](O[C@@H]3O[C@H](CN)[C@@H](O)[C@H]3O)[C@H]3O[C@@H](n4ccc(=O)[nH]c4=O)[C@H](O)[C@@H]3O)C(=O)N2C)cc1.O=C(O)C(F)(F)F.O=C(O)C(F)(F)F. The van der Waals surface area contributed by atoms with Crippen LogP contribution in [0.25, 0.3) is 0 Å². The Morgan fingerprint density at radius 2 is 1.44 bits per heavy atom. The maximum atomic E-state index is 14.3. The second-order valence-electron chi connectivity index (χ2n) is 15.1. The summed E-state index contributed by atoms with van der Waals surface area (Å²) < 4.78 is 82.2. The van der Waals surface area contributed by atoms with Crippen LogP contribution < -0.4 is 22.3 Å². The highest BCUT2D eigenvalue weighted by atomic mass is 19.4. The number of nitrogens with two attached hydrogens (primary N) is 1. The smallest absolute Gasteiger partial charge is 0.475 e. The summed E-state index contributed by atoms with van der Waals surface area (Å²) in [5.41, 5.74) is 5.79. The fourth-order valence-corrected chi connectivity index (χ4v) is 6.83. The van der Waals surface area contributed by atoms with E-state index in [-0.39, 0.29) is 18.8 Å². The standard InChI is InChI=1S/C35H50N6O11.2C2HF3O2/c1-4-5-6-7-8-9-19-10-12-20(13-11-19)37-31(47)21-14-16-39(2)24(32(48)40(21)3)29(52-34-28(46)25(43)22(18-36)50-34)30-26(44)27(45)33(51-30)41-17-15-23(42)38-35(41)49;2*3-2(4,5)1(6)7/h10-15,17,22,24-30,33-34,43-46H,4-9,16,18,36H2,1-3H3,(H,37,47)(H,38,42,49);2*(H,6,7)/t22-,24+,25-,26+,27-,28-,29+,30+,33-,34+;;/m1../s1. The van der Waals surface area contributed by atoms with Gasteiger partial charge in [-0.3, -0.25) is 28.8 Å². The number of hydrogen-bond donors (Lipinski definition) is 9. The van der Waals surface area contributed by atoms with Gasteiger partial charge in [0.25, 0.3) is 11.5 Å². The third-order valence-electron chi connectivity index (χ3n) is 10.4. The summed E-state index contributed by atoms with van der Waals surface area (Å²) >= 11 is 0. The number of carbonyl (C=O) groups is 4. The van der Waals surface area contributed by atoms with Gasteiger partial charge in [0.15, 0.2) is 12.5 Å². The first-order valence-electron chi connectivity index (χ1n) is 20.1. The van der Waals surface area contributed by atoms with Crippen LogP contribution in [0.4, 0.5) is 32.0 Å². The van der Waals surface area contributed by atoms with Crippen LogP contribution in [0.2, 0.25) is 0 Å². The predicted octanol–water partition coefficient (Wildman–Crippen LogP) is 0.0209. The number of H-pyrrole nitrogens is 1. The van der Waals surface area contributed by atoms with Gasteiger partial charge in [-0.1, -0.05) is 44.7 Å². The molecule has 3 aliphatic heterocycles. The van der Waals surface area contributed by atoms with E-state index >= 15 is 0 Å². The molecule has 1 aromatic carbocycles. The number of aromatic amines is 1. The number of anilines is 1. The maximum Gasteiger partial charge on any atom is 0.490 e. The zero-order chi connectivity index (χ0) is 49.8. The van der Waals surface area contributed by atoms with E-state index in [2.05, 4.69) is 17.2 Å². The number of likely N-dealkylation sites (N-methyl/N-ethyl adjacent to an activating group) is 2. The van der Waals surface area contributed by atoms with Gasteiger partial charge in [-0.25, -0.2) is 14.4 Å². The van der Waals surface area contributed by atoms with Crippen LogP contribution in [0.1, 0.15) is 50.8 Å². The molecular weight excluding hydrogens is 906 g/mol. The Kier molecular flexibility index (Phi) is 20.0. The molecule has 0 unspecified atom stereocenters. The number of benzene rings is 1. The summed E-state index contributed by atoms with van der Waals surface area (Å²) in [5.74, 6) is -6.74. The number of aliphatic hydroxyl groups is 4. The van der Waals surface area contributed by atoms with Crippen molar-refractivity contribution in [1.29, 1.82) is 0 Å². The maximum absolute atomic E-state index is 14.3. The van der Waals surface area contributed by atoms with E-state index < -0.39 is 109 Å². The molecule has 2 fully saturated rings. The highest BCUT2D eigenvalue weighted by molar-refractivity contribution is 6.06. The van der Waals surface area contributed by atoms with Crippen molar-refractivity contribution in [2.45, 2.75) is 119 Å². The van der Waals surface area contributed by atoms with Gasteiger partial charge < -0.3 is 60.8 Å². The molecule has 21 nitrogen and oxygen atoms in total. The fourth-order valence-electron chi connectivity index (χ4n) is 6.83. The number of halogens is 6. The number of carbonyl (C=O) groups excluding carboxylic acids is 2. The fraction of sp³-hybridized carbons (Fsp3) is 0.590. The highest BCUT2D eigenvalue weighted by Gasteiger charge is 2.55. The lowest BCUT2D eigenvalue weighted by Gasteiger charge is -2.38. The molecule has 0 spiro atoms. The molecule has 3 aliphatic rings. The molecular formula is C39H52F6N6O15. The van der Waals surface area contributed by atoms with Crippen LogP contribution in [-0.2, 0) is 39.8 Å². The Labute approximate surface area is 371 Å². The van der Waals surface area contributed by atoms with Crippen molar-refractivity contribution < 1.29 is 90.4 Å². The van der Waals surface area contributed by atoms with Crippen LogP contribution >= 0.6 is 0 Å². The van der Waals surface area contributed by atoms with Gasteiger partial charge >= 0.3 is 30.0 Å². The third kappa shape index (κ3) is 14.6. The first-order chi connectivity index (χ1) is 30.7. The number of aromatic nitrogens is 2. The minimum atomic E-state index is -5.08. The average molecular weight is 959 g/mol. The molecule has 0 bridgehead atoms. The first-order valence-corrected chi connectivity index (χ1v) is 20.1.